The van der Waals surface area contributed by atoms with Gasteiger partial charge in [-0.3, -0.25) is 0 Å². The van der Waals surface area contributed by atoms with Crippen LogP contribution in [0.5, 0.6) is 0 Å². The van der Waals surface area contributed by atoms with Gasteiger partial charge in [-0.25, -0.2) is 0 Å². The van der Waals surface area contributed by atoms with Crippen LogP contribution in [0.2, 0.25) is 0 Å². The van der Waals surface area contributed by atoms with E-state index < -0.39 is 0 Å². The van der Waals surface area contributed by atoms with Crippen LogP contribution in [0, 0.1) is 0 Å². The molecule has 1 nitrogen and oxygen atoms in total. The Bertz CT molecular complexity index is 158. The third-order valence-corrected chi connectivity index (χ3v) is 4.76. The molecule has 0 bridgehead atoms. The number of hydrogen-bond donors (Lipinski definition) is 1. The fourth-order valence-corrected chi connectivity index (χ4v) is 3.82. The molecule has 0 aromatic rings. The van der Waals surface area contributed by atoms with Crippen LogP contribution < -0.4 is 5.32 Å². The maximum Gasteiger partial charge on any atom is 0.0263 e. The Hall–Kier alpha value is 0.400. The van der Waals surface area contributed by atoms with Crippen LogP contribution in [0.25, 0.3) is 0 Å². The van der Waals surface area contributed by atoms with Crippen LogP contribution in [-0.2, 0) is 0 Å². The van der Waals surface area contributed by atoms with Crippen LogP contribution in [0.15, 0.2) is 11.6 Å². The van der Waals surface area contributed by atoms with Gasteiger partial charge in [0.05, 0.1) is 0 Å². The molecule has 76 valence electrons. The topological polar surface area (TPSA) is 12.0 Å². The number of hydrogen-bond acceptors (Lipinski definition) is 3. The lowest BCUT2D eigenvalue weighted by molar-refractivity contribution is 0.740. The van der Waals surface area contributed by atoms with E-state index in [-0.39, 0.29) is 0 Å². The molecule has 1 N–H and O–H groups in total. The Labute approximate surface area is 90.1 Å². The van der Waals surface area contributed by atoms with Crippen molar-refractivity contribution in [3.63, 3.8) is 0 Å². The summed E-state index contributed by atoms with van der Waals surface area (Å²) < 4.78 is 0. The van der Waals surface area contributed by atoms with E-state index in [9.17, 15) is 0 Å². The first-order valence-corrected chi connectivity index (χ1v) is 7.03. The third kappa shape index (κ3) is 5.66. The van der Waals surface area contributed by atoms with Gasteiger partial charge in [-0.05, 0) is 13.8 Å². The van der Waals surface area contributed by atoms with Gasteiger partial charge in [-0.2, -0.15) is 23.5 Å². The monoisotopic (exact) mass is 217 g/mol. The van der Waals surface area contributed by atoms with Crippen molar-refractivity contribution in [3.05, 3.63) is 11.6 Å². The van der Waals surface area contributed by atoms with Crippen molar-refractivity contribution in [2.75, 3.05) is 30.3 Å². The van der Waals surface area contributed by atoms with Crippen molar-refractivity contribution in [1.29, 1.82) is 0 Å². The average Bonchev–Trinajstić information content (AvgIpc) is 2.14. The molecule has 1 saturated heterocycles. The van der Waals surface area contributed by atoms with Crippen molar-refractivity contribution in [2.24, 2.45) is 0 Å². The van der Waals surface area contributed by atoms with Crippen LogP contribution in [0.4, 0.5) is 0 Å². The van der Waals surface area contributed by atoms with Gasteiger partial charge < -0.3 is 5.32 Å². The highest BCUT2D eigenvalue weighted by Crippen LogP contribution is 2.23. The van der Waals surface area contributed by atoms with Gasteiger partial charge in [0, 0.05) is 35.6 Å². The zero-order chi connectivity index (χ0) is 9.52. The number of thioether (sulfide) groups is 2. The van der Waals surface area contributed by atoms with Crippen molar-refractivity contribution in [1.82, 2.24) is 5.32 Å². The standard InChI is InChI=1S/C10H19NS2/c1-9(2)3-4-11-7-10-8-12-5-6-13-10/h3,10-11H,4-8H2,1-2H3. The maximum atomic E-state index is 3.48. The molecule has 1 rings (SSSR count). The lowest BCUT2D eigenvalue weighted by Gasteiger charge is -2.20. The molecular formula is C10H19NS2. The summed E-state index contributed by atoms with van der Waals surface area (Å²) >= 11 is 4.21. The number of rotatable bonds is 4. The minimum atomic E-state index is 0.837. The normalized spacial score (nSPS) is 22.8. The van der Waals surface area contributed by atoms with Gasteiger partial charge in [0.15, 0.2) is 0 Å². The summed E-state index contributed by atoms with van der Waals surface area (Å²) in [6.45, 7) is 6.49. The Balaban J connectivity index is 2.01. The Kier molecular flexibility index (Phi) is 6.00. The molecule has 0 aromatic heterocycles. The zero-order valence-corrected chi connectivity index (χ0v) is 10.1. The minimum absolute atomic E-state index is 0.837. The predicted octanol–water partition coefficient (Wildman–Crippen LogP) is 2.39. The van der Waals surface area contributed by atoms with Crippen LogP contribution in [0.3, 0.4) is 0 Å². The van der Waals surface area contributed by atoms with E-state index in [0.717, 1.165) is 11.8 Å². The summed E-state index contributed by atoms with van der Waals surface area (Å²) in [5.74, 6) is 4.00. The lowest BCUT2D eigenvalue weighted by Crippen LogP contribution is -2.29. The van der Waals surface area contributed by atoms with Gasteiger partial charge >= 0.3 is 0 Å². The minimum Gasteiger partial charge on any atom is -0.312 e. The first-order chi connectivity index (χ1) is 6.29. The molecule has 0 radical (unpaired) electrons. The maximum absolute atomic E-state index is 3.48. The highest BCUT2D eigenvalue weighted by Gasteiger charge is 2.12. The number of allylic oxidation sites excluding steroid dienone is 1. The summed E-state index contributed by atoms with van der Waals surface area (Å²) in [4.78, 5) is 0. The summed E-state index contributed by atoms with van der Waals surface area (Å²) in [5.41, 5.74) is 1.40. The van der Waals surface area contributed by atoms with Crippen LogP contribution in [0.1, 0.15) is 13.8 Å². The molecule has 0 amide bonds. The lowest BCUT2D eigenvalue weighted by atomic mass is 10.3. The summed E-state index contributed by atoms with van der Waals surface area (Å²) in [7, 11) is 0. The van der Waals surface area contributed by atoms with E-state index in [1.165, 1.54) is 29.4 Å². The smallest absolute Gasteiger partial charge is 0.0263 e. The fourth-order valence-electron chi connectivity index (χ4n) is 1.18. The summed E-state index contributed by atoms with van der Waals surface area (Å²) in [6, 6.07) is 0. The van der Waals surface area contributed by atoms with Crippen molar-refractivity contribution in [3.8, 4) is 0 Å². The van der Waals surface area contributed by atoms with E-state index in [1.54, 1.807) is 0 Å². The molecular weight excluding hydrogens is 198 g/mol. The third-order valence-electron chi connectivity index (χ3n) is 1.91. The van der Waals surface area contributed by atoms with E-state index in [2.05, 4.69) is 48.8 Å². The van der Waals surface area contributed by atoms with E-state index >= 15 is 0 Å². The van der Waals surface area contributed by atoms with Crippen molar-refractivity contribution in [2.45, 2.75) is 19.1 Å². The van der Waals surface area contributed by atoms with Gasteiger partial charge in [0.1, 0.15) is 0 Å². The van der Waals surface area contributed by atoms with E-state index in [1.807, 2.05) is 0 Å². The largest absolute Gasteiger partial charge is 0.312 e. The van der Waals surface area contributed by atoms with E-state index in [4.69, 9.17) is 0 Å². The van der Waals surface area contributed by atoms with E-state index in [0.29, 0.717) is 0 Å². The Morgan fingerprint density at radius 1 is 1.46 bits per heavy atom. The molecule has 0 aromatic carbocycles. The first-order valence-electron chi connectivity index (χ1n) is 4.82. The Morgan fingerprint density at radius 2 is 2.31 bits per heavy atom. The molecule has 1 aliphatic rings. The molecule has 0 spiro atoms. The Morgan fingerprint density at radius 3 is 2.92 bits per heavy atom. The molecule has 1 unspecified atom stereocenters. The molecule has 3 heteroatoms. The second-order valence-electron chi connectivity index (χ2n) is 3.51. The molecule has 0 aliphatic carbocycles. The molecule has 1 heterocycles. The quantitative estimate of drug-likeness (QED) is 0.574. The molecule has 1 fully saturated rings. The molecule has 1 aliphatic heterocycles. The highest BCUT2D eigenvalue weighted by molar-refractivity contribution is 8.06. The summed E-state index contributed by atoms with van der Waals surface area (Å²) in [5, 5.41) is 4.31. The van der Waals surface area contributed by atoms with Crippen LogP contribution >= 0.6 is 23.5 Å². The zero-order valence-electron chi connectivity index (χ0n) is 8.51. The molecule has 1 atom stereocenters. The SMILES string of the molecule is CC(C)=CCNCC1CSCCS1. The van der Waals surface area contributed by atoms with Crippen molar-refractivity contribution >= 4 is 23.5 Å². The van der Waals surface area contributed by atoms with Crippen molar-refractivity contribution < 1.29 is 0 Å². The second-order valence-corrected chi connectivity index (χ2v) is 6.07. The predicted molar refractivity (Wildman–Crippen MR) is 65.9 cm³/mol. The molecule has 13 heavy (non-hydrogen) atoms. The highest BCUT2D eigenvalue weighted by atomic mass is 32.2. The van der Waals surface area contributed by atoms with Gasteiger partial charge in [0.2, 0.25) is 0 Å². The van der Waals surface area contributed by atoms with Gasteiger partial charge in [0.25, 0.3) is 0 Å². The first kappa shape index (κ1) is 11.5. The van der Waals surface area contributed by atoms with Gasteiger partial charge in [-0.15, -0.1) is 0 Å². The number of nitrogens with one attached hydrogen (secondary N) is 1. The molecule has 0 saturated carbocycles. The average molecular weight is 217 g/mol. The second kappa shape index (κ2) is 6.80. The fraction of sp³-hybridized carbons (Fsp3) is 0.800. The van der Waals surface area contributed by atoms with Crippen LogP contribution in [-0.4, -0.2) is 35.6 Å². The van der Waals surface area contributed by atoms with Gasteiger partial charge in [-0.1, -0.05) is 11.6 Å². The summed E-state index contributed by atoms with van der Waals surface area (Å²) in [6.07, 6.45) is 2.25.